The van der Waals surface area contributed by atoms with Crippen molar-refractivity contribution in [3.05, 3.63) is 34.0 Å². The Kier molecular flexibility index (Phi) is 12.2. The van der Waals surface area contributed by atoms with Gasteiger partial charge in [-0.1, -0.05) is 0 Å². The molecule has 0 bridgehead atoms. The van der Waals surface area contributed by atoms with Crippen molar-refractivity contribution in [1.82, 2.24) is 24.6 Å². The third-order valence-corrected chi connectivity index (χ3v) is 5.03. The van der Waals surface area contributed by atoms with Crippen LogP contribution in [0.5, 0.6) is 0 Å². The second kappa shape index (κ2) is 14.1. The third kappa shape index (κ3) is 11.8. The van der Waals surface area contributed by atoms with Gasteiger partial charge in [0.1, 0.15) is 12.4 Å². The van der Waals surface area contributed by atoms with Gasteiger partial charge in [0.05, 0.1) is 13.2 Å². The number of aliphatic carboxylic acids is 2. The summed E-state index contributed by atoms with van der Waals surface area (Å²) in [5.41, 5.74) is 1.38. The van der Waals surface area contributed by atoms with E-state index < -0.39 is 24.3 Å². The molecule has 0 spiro atoms. The van der Waals surface area contributed by atoms with Gasteiger partial charge < -0.3 is 24.4 Å². The first-order valence-corrected chi connectivity index (χ1v) is 11.0. The summed E-state index contributed by atoms with van der Waals surface area (Å²) in [6.45, 7) is 6.02. The molecule has 2 N–H and O–H groups in total. The lowest BCUT2D eigenvalue weighted by Crippen LogP contribution is -2.34. The average molecular weight is 549 g/mol. The number of thiophene rings is 1. The Balaban J connectivity index is 0.000000383. The van der Waals surface area contributed by atoms with Crippen LogP contribution in [0.4, 0.5) is 26.3 Å². The number of ether oxygens (including phenoxy) is 1. The number of likely N-dealkylation sites (N-methyl/N-ethyl adjacent to an activating group) is 1. The molecule has 0 saturated heterocycles. The van der Waals surface area contributed by atoms with Crippen molar-refractivity contribution in [2.75, 3.05) is 33.8 Å². The largest absolute Gasteiger partial charge is 0.490 e. The monoisotopic (exact) mass is 549 g/mol. The molecule has 17 heteroatoms. The molecule has 0 amide bonds. The summed E-state index contributed by atoms with van der Waals surface area (Å²) in [5.74, 6) is -3.52. The van der Waals surface area contributed by atoms with Crippen molar-refractivity contribution < 1.29 is 50.9 Å². The molecule has 204 valence electrons. The summed E-state index contributed by atoms with van der Waals surface area (Å²) < 4.78 is 71.4. The molecule has 3 rings (SSSR count). The van der Waals surface area contributed by atoms with Crippen molar-refractivity contribution in [1.29, 1.82) is 0 Å². The smallest absolute Gasteiger partial charge is 0.475 e. The van der Waals surface area contributed by atoms with Gasteiger partial charge in [0, 0.05) is 26.2 Å². The Hall–Kier alpha value is -2.76. The molecule has 1 aliphatic heterocycles. The van der Waals surface area contributed by atoms with Crippen LogP contribution >= 0.6 is 11.3 Å². The van der Waals surface area contributed by atoms with E-state index in [9.17, 15) is 26.3 Å². The lowest BCUT2D eigenvalue weighted by atomic mass is 10.2. The van der Waals surface area contributed by atoms with E-state index in [4.69, 9.17) is 24.5 Å². The Morgan fingerprint density at radius 3 is 2.14 bits per heavy atom. The van der Waals surface area contributed by atoms with Gasteiger partial charge >= 0.3 is 24.3 Å². The van der Waals surface area contributed by atoms with E-state index in [1.807, 2.05) is 14.1 Å². The van der Waals surface area contributed by atoms with Gasteiger partial charge in [-0.3, -0.25) is 4.90 Å². The molecule has 36 heavy (non-hydrogen) atoms. The van der Waals surface area contributed by atoms with Crippen LogP contribution in [0.15, 0.2) is 16.8 Å². The van der Waals surface area contributed by atoms with Crippen molar-refractivity contribution in [3.63, 3.8) is 0 Å². The Morgan fingerprint density at radius 2 is 1.67 bits per heavy atom. The third-order valence-electron chi connectivity index (χ3n) is 4.29. The molecule has 3 heterocycles. The highest BCUT2D eigenvalue weighted by atomic mass is 32.1. The molecule has 0 aromatic carbocycles. The zero-order valence-corrected chi connectivity index (χ0v) is 20.0. The number of carbonyl (C=O) groups is 2. The minimum absolute atomic E-state index is 0.547. The molecule has 0 saturated carbocycles. The summed E-state index contributed by atoms with van der Waals surface area (Å²) >= 11 is 1.75. The average Bonchev–Trinajstić information content (AvgIpc) is 3.40. The minimum Gasteiger partial charge on any atom is -0.475 e. The Morgan fingerprint density at radius 1 is 1.08 bits per heavy atom. The maximum atomic E-state index is 10.6. The molecule has 0 atom stereocenters. The van der Waals surface area contributed by atoms with Gasteiger partial charge in [0.15, 0.2) is 5.82 Å². The fourth-order valence-electron chi connectivity index (χ4n) is 2.56. The zero-order valence-electron chi connectivity index (χ0n) is 19.2. The van der Waals surface area contributed by atoms with Gasteiger partial charge in [0.25, 0.3) is 0 Å². The number of aromatic nitrogens is 3. The fraction of sp³-hybridized carbons (Fsp3) is 0.579. The van der Waals surface area contributed by atoms with E-state index in [0.717, 1.165) is 51.0 Å². The van der Waals surface area contributed by atoms with Crippen LogP contribution in [0.25, 0.3) is 0 Å². The highest BCUT2D eigenvalue weighted by Gasteiger charge is 2.38. The van der Waals surface area contributed by atoms with Crippen molar-refractivity contribution >= 4 is 23.3 Å². The lowest BCUT2D eigenvalue weighted by Gasteiger charge is -2.27. The highest BCUT2D eigenvalue weighted by Crippen LogP contribution is 2.17. The maximum absolute atomic E-state index is 10.6. The molecule has 0 aliphatic carbocycles. The van der Waals surface area contributed by atoms with E-state index in [-0.39, 0.29) is 0 Å². The zero-order chi connectivity index (χ0) is 27.5. The van der Waals surface area contributed by atoms with Gasteiger partial charge in [-0.15, -0.1) is 10.2 Å². The Labute approximate surface area is 205 Å². The van der Waals surface area contributed by atoms with Crippen LogP contribution in [0.1, 0.15) is 17.2 Å². The Bertz CT molecular complexity index is 926. The van der Waals surface area contributed by atoms with Crippen LogP contribution in [0.3, 0.4) is 0 Å². The summed E-state index contributed by atoms with van der Waals surface area (Å²) in [6, 6.07) is 2.19. The lowest BCUT2D eigenvalue weighted by molar-refractivity contribution is -0.193. The molecular formula is C19H25F6N5O5S. The number of nitrogens with zero attached hydrogens (tertiary/aromatic N) is 5. The molecule has 0 fully saturated rings. The SMILES string of the molecule is CN(C)CCOCc1nnc2n1CCN(Cc1ccsc1)C2.O=C(O)C(F)(F)F.O=C(O)C(F)(F)F. The first kappa shape index (κ1) is 31.3. The van der Waals surface area contributed by atoms with E-state index >= 15 is 0 Å². The number of alkyl halides is 6. The van der Waals surface area contributed by atoms with Crippen molar-refractivity contribution in [2.45, 2.75) is 38.6 Å². The second-order valence-corrected chi connectivity index (χ2v) is 8.27. The number of fused-ring (bicyclic) bond motifs is 1. The molecule has 10 nitrogen and oxygen atoms in total. The van der Waals surface area contributed by atoms with E-state index in [2.05, 4.69) is 41.4 Å². The number of rotatable bonds is 7. The number of hydrogen-bond acceptors (Lipinski definition) is 8. The molecular weight excluding hydrogens is 524 g/mol. The van der Waals surface area contributed by atoms with Gasteiger partial charge in [0.2, 0.25) is 0 Å². The van der Waals surface area contributed by atoms with Crippen molar-refractivity contribution in [2.24, 2.45) is 0 Å². The van der Waals surface area contributed by atoms with Crippen LogP contribution < -0.4 is 0 Å². The molecule has 1 aliphatic rings. The molecule has 2 aromatic rings. The quantitative estimate of drug-likeness (QED) is 0.397. The number of halogens is 6. The van der Waals surface area contributed by atoms with Crippen LogP contribution in [0, 0.1) is 0 Å². The number of hydrogen-bond donors (Lipinski definition) is 2. The van der Waals surface area contributed by atoms with Gasteiger partial charge in [-0.25, -0.2) is 9.59 Å². The molecule has 2 aromatic heterocycles. The van der Waals surface area contributed by atoms with Crippen LogP contribution in [0.2, 0.25) is 0 Å². The van der Waals surface area contributed by atoms with E-state index in [1.165, 1.54) is 5.56 Å². The predicted molar refractivity (Wildman–Crippen MR) is 114 cm³/mol. The first-order chi connectivity index (χ1) is 16.6. The predicted octanol–water partition coefficient (Wildman–Crippen LogP) is 2.70. The summed E-state index contributed by atoms with van der Waals surface area (Å²) in [7, 11) is 4.09. The van der Waals surface area contributed by atoms with Crippen LogP contribution in [-0.4, -0.2) is 92.9 Å². The molecule has 0 radical (unpaired) electrons. The van der Waals surface area contributed by atoms with Crippen LogP contribution in [-0.2, 0) is 40.6 Å². The molecule has 0 unspecified atom stereocenters. The summed E-state index contributed by atoms with van der Waals surface area (Å²) in [5, 5.41) is 27.2. The van der Waals surface area contributed by atoms with E-state index in [1.54, 1.807) is 11.3 Å². The standard InChI is InChI=1S/C15H23N5OS.2C2HF3O2/c1-18(2)6-7-21-11-15-17-16-14-10-19(4-5-20(14)15)9-13-3-8-22-12-13;2*3-2(4,5)1(6)7/h3,8,12H,4-7,9-11H2,1-2H3;2*(H,6,7). The van der Waals surface area contributed by atoms with E-state index in [0.29, 0.717) is 6.61 Å². The van der Waals surface area contributed by atoms with Gasteiger partial charge in [-0.05, 0) is 36.5 Å². The summed E-state index contributed by atoms with van der Waals surface area (Å²) in [4.78, 5) is 22.3. The van der Waals surface area contributed by atoms with Crippen molar-refractivity contribution in [3.8, 4) is 0 Å². The normalized spacial score (nSPS) is 13.8. The number of carboxylic acid groups (broad SMARTS) is 2. The van der Waals surface area contributed by atoms with Gasteiger partial charge in [-0.2, -0.15) is 37.7 Å². The second-order valence-electron chi connectivity index (χ2n) is 7.49. The number of carboxylic acids is 2. The maximum Gasteiger partial charge on any atom is 0.490 e. The fourth-order valence-corrected chi connectivity index (χ4v) is 3.22. The highest BCUT2D eigenvalue weighted by molar-refractivity contribution is 7.07. The first-order valence-electron chi connectivity index (χ1n) is 10.1. The topological polar surface area (TPSA) is 121 Å². The summed E-state index contributed by atoms with van der Waals surface area (Å²) in [6.07, 6.45) is -10.2. The minimum atomic E-state index is -5.08.